The molecule has 0 amide bonds. The molecule has 1 aromatic heterocycles. The molecule has 1 unspecified atom stereocenters. The highest BCUT2D eigenvalue weighted by atomic mass is 16.1. The molecule has 0 saturated carbocycles. The van der Waals surface area contributed by atoms with Crippen molar-refractivity contribution in [2.75, 3.05) is 13.1 Å². The summed E-state index contributed by atoms with van der Waals surface area (Å²) in [5.74, 6) is 0. The molecule has 0 bridgehead atoms. The molecule has 1 saturated heterocycles. The van der Waals surface area contributed by atoms with E-state index >= 15 is 0 Å². The number of piperidine rings is 1. The van der Waals surface area contributed by atoms with Crippen LogP contribution in [-0.2, 0) is 0 Å². The average Bonchev–Trinajstić information content (AvgIpc) is 2.40. The third-order valence-corrected chi connectivity index (χ3v) is 3.68. The minimum absolute atomic E-state index is 0.0896. The fourth-order valence-electron chi connectivity index (χ4n) is 2.67. The van der Waals surface area contributed by atoms with Crippen molar-refractivity contribution in [3.63, 3.8) is 0 Å². The van der Waals surface area contributed by atoms with E-state index < -0.39 is 0 Å². The van der Waals surface area contributed by atoms with Crippen molar-refractivity contribution in [2.45, 2.75) is 25.8 Å². The topological polar surface area (TPSA) is 46.9 Å². The summed E-state index contributed by atoms with van der Waals surface area (Å²) in [6.45, 7) is 3.87. The Hall–Kier alpha value is -1.68. The molecule has 2 aromatic rings. The molecule has 3 rings (SSSR count). The second-order valence-electron chi connectivity index (χ2n) is 4.93. The Morgan fingerprint density at radius 2 is 2.33 bits per heavy atom. The minimum Gasteiger partial charge on any atom is -0.315 e. The molecule has 94 valence electrons. The number of nitrogens with one attached hydrogen (secondary N) is 1. The number of aromatic nitrogens is 2. The summed E-state index contributed by atoms with van der Waals surface area (Å²) in [5.41, 5.74) is 1.88. The number of hydrogen-bond donors (Lipinski definition) is 1. The first kappa shape index (κ1) is 11.4. The number of fused-ring (bicyclic) bond motifs is 1. The molecular formula is C14H17N3O. The highest BCUT2D eigenvalue weighted by molar-refractivity contribution is 5.80. The summed E-state index contributed by atoms with van der Waals surface area (Å²) in [5, 5.41) is 4.09. The molecule has 4 nitrogen and oxygen atoms in total. The van der Waals surface area contributed by atoms with Gasteiger partial charge in [-0.25, -0.2) is 4.98 Å². The van der Waals surface area contributed by atoms with E-state index in [4.69, 9.17) is 0 Å². The van der Waals surface area contributed by atoms with Gasteiger partial charge in [-0.05, 0) is 37.9 Å². The van der Waals surface area contributed by atoms with Gasteiger partial charge in [0.25, 0.3) is 5.56 Å². The molecule has 0 aliphatic carbocycles. The van der Waals surface area contributed by atoms with Crippen molar-refractivity contribution >= 4 is 10.9 Å². The van der Waals surface area contributed by atoms with Crippen molar-refractivity contribution in [3.05, 3.63) is 40.4 Å². The maximum Gasteiger partial charge on any atom is 0.261 e. The first-order chi connectivity index (χ1) is 8.77. The monoisotopic (exact) mass is 243 g/mol. The lowest BCUT2D eigenvalue weighted by molar-refractivity contribution is 0.363. The van der Waals surface area contributed by atoms with Crippen LogP contribution >= 0.6 is 0 Å². The van der Waals surface area contributed by atoms with Gasteiger partial charge >= 0.3 is 0 Å². The van der Waals surface area contributed by atoms with Gasteiger partial charge < -0.3 is 5.32 Å². The molecule has 0 radical (unpaired) electrons. The molecular weight excluding hydrogens is 226 g/mol. The van der Waals surface area contributed by atoms with E-state index in [1.807, 2.05) is 25.1 Å². The van der Waals surface area contributed by atoms with E-state index in [1.165, 1.54) is 0 Å². The van der Waals surface area contributed by atoms with E-state index in [0.717, 1.165) is 42.4 Å². The fraction of sp³-hybridized carbons (Fsp3) is 0.429. The maximum atomic E-state index is 12.5. The summed E-state index contributed by atoms with van der Waals surface area (Å²) in [6.07, 6.45) is 3.86. The van der Waals surface area contributed by atoms with Crippen molar-refractivity contribution in [2.24, 2.45) is 0 Å². The molecule has 1 N–H and O–H groups in total. The zero-order chi connectivity index (χ0) is 12.5. The highest BCUT2D eigenvalue weighted by Crippen LogP contribution is 2.17. The highest BCUT2D eigenvalue weighted by Gasteiger charge is 2.17. The minimum atomic E-state index is 0.0896. The number of rotatable bonds is 1. The van der Waals surface area contributed by atoms with E-state index in [0.29, 0.717) is 0 Å². The summed E-state index contributed by atoms with van der Waals surface area (Å²) in [7, 11) is 0. The first-order valence-electron chi connectivity index (χ1n) is 6.44. The predicted molar refractivity (Wildman–Crippen MR) is 71.9 cm³/mol. The van der Waals surface area contributed by atoms with Gasteiger partial charge in [-0.1, -0.05) is 12.1 Å². The second kappa shape index (κ2) is 4.53. The van der Waals surface area contributed by atoms with E-state index in [2.05, 4.69) is 10.3 Å². The van der Waals surface area contributed by atoms with Gasteiger partial charge in [-0.2, -0.15) is 0 Å². The normalized spacial score (nSPS) is 20.2. The Labute approximate surface area is 106 Å². The Bertz CT molecular complexity index is 626. The van der Waals surface area contributed by atoms with E-state index in [1.54, 1.807) is 10.9 Å². The lowest BCUT2D eigenvalue weighted by atomic mass is 10.1. The largest absolute Gasteiger partial charge is 0.315 e. The Morgan fingerprint density at radius 3 is 3.11 bits per heavy atom. The Balaban J connectivity index is 2.16. The molecule has 1 aliphatic rings. The van der Waals surface area contributed by atoms with Gasteiger partial charge in [0.15, 0.2) is 0 Å². The van der Waals surface area contributed by atoms with Gasteiger partial charge in [0.2, 0.25) is 0 Å². The van der Waals surface area contributed by atoms with Crippen LogP contribution in [0.5, 0.6) is 0 Å². The lowest BCUT2D eigenvalue weighted by Crippen LogP contribution is -2.36. The van der Waals surface area contributed by atoms with Crippen molar-refractivity contribution < 1.29 is 0 Å². The summed E-state index contributed by atoms with van der Waals surface area (Å²) >= 11 is 0. The van der Waals surface area contributed by atoms with Gasteiger partial charge in [-0.3, -0.25) is 9.36 Å². The van der Waals surface area contributed by atoms with Crippen molar-refractivity contribution in [3.8, 4) is 0 Å². The van der Waals surface area contributed by atoms with Crippen LogP contribution in [-0.4, -0.2) is 22.6 Å². The van der Waals surface area contributed by atoms with Gasteiger partial charge in [0.05, 0.1) is 23.3 Å². The molecule has 0 spiro atoms. The lowest BCUT2D eigenvalue weighted by Gasteiger charge is -2.24. The molecule has 4 heteroatoms. The van der Waals surface area contributed by atoms with Crippen LogP contribution in [0, 0.1) is 6.92 Å². The molecule has 18 heavy (non-hydrogen) atoms. The number of benzene rings is 1. The average molecular weight is 243 g/mol. The first-order valence-corrected chi connectivity index (χ1v) is 6.44. The number of aryl methyl sites for hydroxylation is 1. The van der Waals surface area contributed by atoms with Crippen LogP contribution in [0.15, 0.2) is 29.3 Å². The van der Waals surface area contributed by atoms with E-state index in [-0.39, 0.29) is 11.6 Å². The Morgan fingerprint density at radius 1 is 1.44 bits per heavy atom. The van der Waals surface area contributed by atoms with Crippen LogP contribution in [0.1, 0.15) is 24.4 Å². The third-order valence-electron chi connectivity index (χ3n) is 3.68. The fourth-order valence-corrected chi connectivity index (χ4v) is 2.67. The quantitative estimate of drug-likeness (QED) is 0.828. The van der Waals surface area contributed by atoms with Gasteiger partial charge in [-0.15, -0.1) is 0 Å². The SMILES string of the molecule is Cc1cccc2ncn(C3CCCNC3)c(=O)c12. The maximum absolute atomic E-state index is 12.5. The van der Waals surface area contributed by atoms with Crippen LogP contribution < -0.4 is 10.9 Å². The van der Waals surface area contributed by atoms with Crippen molar-refractivity contribution in [1.82, 2.24) is 14.9 Å². The zero-order valence-electron chi connectivity index (χ0n) is 10.5. The zero-order valence-corrected chi connectivity index (χ0v) is 10.5. The smallest absolute Gasteiger partial charge is 0.261 e. The van der Waals surface area contributed by atoms with E-state index in [9.17, 15) is 4.79 Å². The third kappa shape index (κ3) is 1.82. The van der Waals surface area contributed by atoms with Crippen LogP contribution in [0.4, 0.5) is 0 Å². The number of nitrogens with zero attached hydrogens (tertiary/aromatic N) is 2. The molecule has 1 aliphatic heterocycles. The molecule has 2 heterocycles. The second-order valence-corrected chi connectivity index (χ2v) is 4.93. The Kier molecular flexibility index (Phi) is 2.88. The molecule has 1 fully saturated rings. The van der Waals surface area contributed by atoms with Gasteiger partial charge in [0.1, 0.15) is 0 Å². The van der Waals surface area contributed by atoms with Gasteiger partial charge in [0, 0.05) is 6.54 Å². The summed E-state index contributed by atoms with van der Waals surface area (Å²) in [6, 6.07) is 6.04. The number of hydrogen-bond acceptors (Lipinski definition) is 3. The summed E-state index contributed by atoms with van der Waals surface area (Å²) < 4.78 is 1.79. The standard InChI is InChI=1S/C14H17N3O/c1-10-4-2-6-12-13(10)14(18)17(9-16-12)11-5-3-7-15-8-11/h2,4,6,9,11,15H,3,5,7-8H2,1H3. The van der Waals surface area contributed by atoms with Crippen LogP contribution in [0.3, 0.4) is 0 Å². The van der Waals surface area contributed by atoms with Crippen molar-refractivity contribution in [1.29, 1.82) is 0 Å². The van der Waals surface area contributed by atoms with Crippen LogP contribution in [0.2, 0.25) is 0 Å². The molecule has 1 aromatic carbocycles. The predicted octanol–water partition coefficient (Wildman–Crippen LogP) is 1.63. The summed E-state index contributed by atoms with van der Waals surface area (Å²) in [4.78, 5) is 17.0. The van der Waals surface area contributed by atoms with Crippen LogP contribution in [0.25, 0.3) is 10.9 Å². The molecule has 1 atom stereocenters.